The molecule has 2 atom stereocenters. The fraction of sp³-hybridized carbons (Fsp3) is 1.00. The summed E-state index contributed by atoms with van der Waals surface area (Å²) in [6.07, 6.45) is 0. The molecular weight excluding hydrogens is 204 g/mol. The molecule has 3 heteroatoms. The van der Waals surface area contributed by atoms with E-state index >= 15 is 0 Å². The van der Waals surface area contributed by atoms with E-state index in [0.717, 1.165) is 5.54 Å². The summed E-state index contributed by atoms with van der Waals surface area (Å²) < 4.78 is 6.41. The normalized spacial score (nSPS) is 19.5. The molecule has 0 saturated carbocycles. The summed E-state index contributed by atoms with van der Waals surface area (Å²) >= 11 is 0. The first-order valence-corrected chi connectivity index (χ1v) is 12.1. The quantitative estimate of drug-likeness (QED) is 0.643. The van der Waals surface area contributed by atoms with Crippen molar-refractivity contribution in [1.82, 2.24) is 0 Å². The second-order valence-electron chi connectivity index (χ2n) is 5.95. The molecule has 0 saturated heterocycles. The molecule has 0 bridgehead atoms. The third kappa shape index (κ3) is 3.87. The molecule has 0 aliphatic rings. The SMILES string of the molecule is CC[Si](C)(OC(C)[Si](C)(C)C)C(C)C. The van der Waals surface area contributed by atoms with Crippen molar-refractivity contribution in [3.63, 3.8) is 0 Å². The van der Waals surface area contributed by atoms with Gasteiger partial charge in [0.15, 0.2) is 8.32 Å². The van der Waals surface area contributed by atoms with Crippen LogP contribution in [0.5, 0.6) is 0 Å². The Kier molecular flexibility index (Phi) is 5.09. The molecule has 0 aliphatic heterocycles. The first kappa shape index (κ1) is 14.4. The van der Waals surface area contributed by atoms with Gasteiger partial charge in [-0.3, -0.25) is 0 Å². The fourth-order valence-electron chi connectivity index (χ4n) is 1.21. The van der Waals surface area contributed by atoms with Crippen molar-refractivity contribution in [2.45, 2.75) is 71.2 Å². The van der Waals surface area contributed by atoms with Gasteiger partial charge >= 0.3 is 0 Å². The predicted molar refractivity (Wildman–Crippen MR) is 71.1 cm³/mol. The molecule has 0 amide bonds. The second-order valence-corrected chi connectivity index (χ2v) is 16.2. The molecule has 2 unspecified atom stereocenters. The summed E-state index contributed by atoms with van der Waals surface area (Å²) in [4.78, 5) is 0. The largest absolute Gasteiger partial charge is 0.417 e. The van der Waals surface area contributed by atoms with Crippen LogP contribution in [0, 0.1) is 0 Å². The van der Waals surface area contributed by atoms with Crippen molar-refractivity contribution in [3.05, 3.63) is 0 Å². The molecule has 0 N–H and O–H groups in total. The van der Waals surface area contributed by atoms with Crippen LogP contribution in [0.3, 0.4) is 0 Å². The highest BCUT2D eigenvalue weighted by molar-refractivity contribution is 6.79. The summed E-state index contributed by atoms with van der Waals surface area (Å²) in [6, 6.07) is 1.24. The Balaban J connectivity index is 4.47. The van der Waals surface area contributed by atoms with Gasteiger partial charge in [-0.25, -0.2) is 0 Å². The van der Waals surface area contributed by atoms with Crippen molar-refractivity contribution in [2.75, 3.05) is 0 Å². The van der Waals surface area contributed by atoms with E-state index in [4.69, 9.17) is 4.43 Å². The van der Waals surface area contributed by atoms with Crippen LogP contribution in [0.2, 0.25) is 37.8 Å². The summed E-state index contributed by atoms with van der Waals surface area (Å²) in [5.74, 6) is 0. The molecule has 0 aromatic rings. The van der Waals surface area contributed by atoms with Crippen molar-refractivity contribution in [1.29, 1.82) is 0 Å². The number of rotatable bonds is 5. The molecule has 0 fully saturated rings. The van der Waals surface area contributed by atoms with Gasteiger partial charge in [-0.1, -0.05) is 40.4 Å². The van der Waals surface area contributed by atoms with Gasteiger partial charge in [-0.2, -0.15) is 0 Å². The van der Waals surface area contributed by atoms with E-state index in [1.807, 2.05) is 0 Å². The van der Waals surface area contributed by atoms with Crippen LogP contribution in [0.15, 0.2) is 0 Å². The maximum atomic E-state index is 6.41. The van der Waals surface area contributed by atoms with Crippen LogP contribution >= 0.6 is 0 Å². The summed E-state index contributed by atoms with van der Waals surface area (Å²) in [5, 5.41) is 0. The van der Waals surface area contributed by atoms with Gasteiger partial charge < -0.3 is 4.43 Å². The van der Waals surface area contributed by atoms with Crippen molar-refractivity contribution >= 4 is 16.4 Å². The van der Waals surface area contributed by atoms with Gasteiger partial charge in [0.25, 0.3) is 0 Å². The number of hydrogen-bond acceptors (Lipinski definition) is 1. The van der Waals surface area contributed by atoms with Crippen LogP contribution in [-0.4, -0.2) is 22.1 Å². The van der Waals surface area contributed by atoms with E-state index < -0.39 is 16.4 Å². The predicted octanol–water partition coefficient (Wildman–Crippen LogP) is 4.27. The topological polar surface area (TPSA) is 9.23 Å². The molecule has 1 nitrogen and oxygen atoms in total. The zero-order valence-corrected chi connectivity index (χ0v) is 13.3. The van der Waals surface area contributed by atoms with E-state index in [1.54, 1.807) is 0 Å². The Labute approximate surface area is 92.4 Å². The van der Waals surface area contributed by atoms with Crippen LogP contribution in [0.4, 0.5) is 0 Å². The van der Waals surface area contributed by atoms with E-state index in [2.05, 4.69) is 53.9 Å². The molecule has 0 rings (SSSR count). The summed E-state index contributed by atoms with van der Waals surface area (Å²) in [5.41, 5.74) is 1.23. The zero-order valence-electron chi connectivity index (χ0n) is 11.3. The van der Waals surface area contributed by atoms with Crippen LogP contribution in [0.1, 0.15) is 27.7 Å². The lowest BCUT2D eigenvalue weighted by molar-refractivity contribution is 0.269. The van der Waals surface area contributed by atoms with Gasteiger partial charge in [0, 0.05) is 5.73 Å². The van der Waals surface area contributed by atoms with Crippen molar-refractivity contribution < 1.29 is 4.43 Å². The third-order valence-electron chi connectivity index (χ3n) is 3.59. The first-order valence-electron chi connectivity index (χ1n) is 5.81. The van der Waals surface area contributed by atoms with Crippen LogP contribution in [-0.2, 0) is 4.43 Å². The van der Waals surface area contributed by atoms with E-state index in [-0.39, 0.29) is 0 Å². The Morgan fingerprint density at radius 2 is 1.43 bits per heavy atom. The highest BCUT2D eigenvalue weighted by atomic mass is 28.4. The Hall–Kier alpha value is 0.394. The molecule has 0 aromatic heterocycles. The first-order chi connectivity index (χ1) is 6.13. The maximum Gasteiger partial charge on any atom is 0.191 e. The zero-order chi connectivity index (χ0) is 11.6. The minimum Gasteiger partial charge on any atom is -0.417 e. The maximum absolute atomic E-state index is 6.41. The highest BCUT2D eigenvalue weighted by Crippen LogP contribution is 2.29. The van der Waals surface area contributed by atoms with Gasteiger partial charge in [-0.15, -0.1) is 0 Å². The number of hydrogen-bond donors (Lipinski definition) is 0. The van der Waals surface area contributed by atoms with E-state index in [0.29, 0.717) is 5.73 Å². The minimum atomic E-state index is -1.44. The Morgan fingerprint density at radius 1 is 1.00 bits per heavy atom. The third-order valence-corrected chi connectivity index (χ3v) is 11.1. The highest BCUT2D eigenvalue weighted by Gasteiger charge is 2.36. The fourth-order valence-corrected chi connectivity index (χ4v) is 5.49. The Morgan fingerprint density at radius 3 is 1.64 bits per heavy atom. The minimum absolute atomic E-state index is 0.501. The second kappa shape index (κ2) is 4.95. The lowest BCUT2D eigenvalue weighted by atomic mass is 10.6. The molecule has 0 heterocycles. The lowest BCUT2D eigenvalue weighted by Crippen LogP contribution is -2.48. The molecule has 0 spiro atoms. The standard InChI is InChI=1S/C11H28OSi2/c1-9-14(8,10(2)3)12-11(4)13(5,6)7/h10-11H,9H2,1-8H3. The summed E-state index contributed by atoms with van der Waals surface area (Å²) in [6.45, 7) is 18.7. The summed E-state index contributed by atoms with van der Waals surface area (Å²) in [7, 11) is -2.56. The average molecular weight is 233 g/mol. The van der Waals surface area contributed by atoms with Crippen molar-refractivity contribution in [2.24, 2.45) is 0 Å². The molecule has 86 valence electrons. The average Bonchev–Trinajstić information content (AvgIpc) is 2.02. The van der Waals surface area contributed by atoms with Gasteiger partial charge in [0.2, 0.25) is 0 Å². The Bertz CT molecular complexity index is 175. The van der Waals surface area contributed by atoms with Crippen LogP contribution in [0.25, 0.3) is 0 Å². The lowest BCUT2D eigenvalue weighted by Gasteiger charge is -2.38. The molecule has 14 heavy (non-hydrogen) atoms. The monoisotopic (exact) mass is 232 g/mol. The van der Waals surface area contributed by atoms with E-state index in [9.17, 15) is 0 Å². The van der Waals surface area contributed by atoms with Gasteiger partial charge in [0.05, 0.1) is 8.07 Å². The smallest absolute Gasteiger partial charge is 0.191 e. The van der Waals surface area contributed by atoms with Crippen molar-refractivity contribution in [3.8, 4) is 0 Å². The molecule has 0 aromatic carbocycles. The molecule has 0 aliphatic carbocycles. The van der Waals surface area contributed by atoms with E-state index in [1.165, 1.54) is 6.04 Å². The molecule has 0 radical (unpaired) electrons. The van der Waals surface area contributed by atoms with Crippen LogP contribution < -0.4 is 0 Å². The van der Waals surface area contributed by atoms with Gasteiger partial charge in [0.1, 0.15) is 0 Å². The molecular formula is C11H28OSi2. The van der Waals surface area contributed by atoms with Gasteiger partial charge in [-0.05, 0) is 25.1 Å².